The number of carbonyl (C=O) groups excluding carboxylic acids is 1. The summed E-state index contributed by atoms with van der Waals surface area (Å²) >= 11 is 0. The largest absolute Gasteiger partial charge is 0.481 e. The fraction of sp³-hybridized carbons (Fsp3) is 0.152. The lowest BCUT2D eigenvalue weighted by atomic mass is 10.1. The van der Waals surface area contributed by atoms with Gasteiger partial charge in [0, 0.05) is 20.2 Å². The van der Waals surface area contributed by atoms with Crippen LogP contribution < -0.4 is 21.2 Å². The third kappa shape index (κ3) is 6.89. The van der Waals surface area contributed by atoms with Gasteiger partial charge in [-0.15, -0.1) is 0 Å². The molecule has 0 aliphatic heterocycles. The molecule has 0 bridgehead atoms. The Labute approximate surface area is 257 Å². The number of aliphatic carboxylic acids is 1. The molecule has 3 aromatic heterocycles. The number of nitrogens with zero attached hydrogens (tertiary/aromatic N) is 5. The van der Waals surface area contributed by atoms with Crippen molar-refractivity contribution in [1.82, 2.24) is 18.7 Å². The van der Waals surface area contributed by atoms with Gasteiger partial charge < -0.3 is 15.2 Å². The Kier molecular flexibility index (Phi) is 9.44. The Morgan fingerprint density at radius 3 is 2.33 bits per heavy atom. The molecule has 2 aromatic carbocycles. The molecular formula is C33H30N6O6. The molecule has 3 heterocycles. The van der Waals surface area contributed by atoms with Gasteiger partial charge in [-0.1, -0.05) is 36.4 Å². The van der Waals surface area contributed by atoms with Crippen LogP contribution in [0.5, 0.6) is 11.6 Å². The van der Waals surface area contributed by atoms with E-state index in [1.165, 1.54) is 9.08 Å². The highest BCUT2D eigenvalue weighted by atomic mass is 16.5. The lowest BCUT2D eigenvalue weighted by Gasteiger charge is -2.12. The topological polar surface area (TPSA) is 161 Å². The normalized spacial score (nSPS) is 10.9. The van der Waals surface area contributed by atoms with Crippen molar-refractivity contribution in [3.63, 3.8) is 0 Å². The summed E-state index contributed by atoms with van der Waals surface area (Å²) in [6.45, 7) is 6.48. The minimum absolute atomic E-state index is 0.0164. The number of hydrogen-bond donors (Lipinski definition) is 2. The number of nitriles is 1. The number of ether oxygens (including phenoxy) is 1. The van der Waals surface area contributed by atoms with Gasteiger partial charge in [-0.2, -0.15) is 10.2 Å². The second-order valence-electron chi connectivity index (χ2n) is 10.0. The molecule has 228 valence electrons. The van der Waals surface area contributed by atoms with Crippen LogP contribution in [0.1, 0.15) is 29.3 Å². The van der Waals surface area contributed by atoms with E-state index in [9.17, 15) is 19.6 Å². The standard InChI is InChI=1S/C31H26N6O4.C2H4O2/c1-19-10-8-14-24(16-19)41-29-25(30(39)36-15-9-11-20(2)27(36)34-29)17-22(18-32)28(38)33-26-21(3)35(4)37(31(26)40)23-12-6-5-7-13-23;1-2(3)4/h5-17H,1-4H3,(H,33,38);1H3,(H,3,4)/b22-17+;. The second kappa shape index (κ2) is 13.4. The molecule has 0 saturated carbocycles. The summed E-state index contributed by atoms with van der Waals surface area (Å²) in [5.74, 6) is -1.31. The fourth-order valence-electron chi connectivity index (χ4n) is 4.47. The molecular weight excluding hydrogens is 576 g/mol. The van der Waals surface area contributed by atoms with Crippen LogP contribution in [0.2, 0.25) is 0 Å². The van der Waals surface area contributed by atoms with E-state index in [0.29, 0.717) is 22.8 Å². The molecule has 0 aliphatic carbocycles. The number of hydrogen-bond acceptors (Lipinski definition) is 7. The third-order valence-electron chi connectivity index (χ3n) is 6.70. The Morgan fingerprint density at radius 1 is 1.00 bits per heavy atom. The van der Waals surface area contributed by atoms with Crippen molar-refractivity contribution in [2.45, 2.75) is 27.7 Å². The zero-order valence-electron chi connectivity index (χ0n) is 25.2. The molecule has 0 aliphatic rings. The summed E-state index contributed by atoms with van der Waals surface area (Å²) in [5, 5.41) is 19.9. The van der Waals surface area contributed by atoms with E-state index in [1.807, 2.05) is 38.1 Å². The first-order valence-electron chi connectivity index (χ1n) is 13.7. The third-order valence-corrected chi connectivity index (χ3v) is 6.70. The molecule has 0 radical (unpaired) electrons. The van der Waals surface area contributed by atoms with Crippen molar-refractivity contribution < 1.29 is 19.4 Å². The van der Waals surface area contributed by atoms with E-state index in [-0.39, 0.29) is 17.1 Å². The quantitative estimate of drug-likeness (QED) is 0.210. The van der Waals surface area contributed by atoms with Crippen LogP contribution in [-0.4, -0.2) is 35.7 Å². The Bertz CT molecular complexity index is 2110. The number of rotatable bonds is 6. The smallest absolute Gasteiger partial charge is 0.300 e. The summed E-state index contributed by atoms with van der Waals surface area (Å²) in [5.41, 5.74) is 1.68. The fourth-order valence-corrected chi connectivity index (χ4v) is 4.47. The molecule has 0 saturated heterocycles. The maximum absolute atomic E-state index is 13.6. The Hall–Kier alpha value is -6.22. The van der Waals surface area contributed by atoms with Gasteiger partial charge in [0.05, 0.1) is 11.4 Å². The molecule has 12 nitrogen and oxygen atoms in total. The monoisotopic (exact) mass is 606 g/mol. The first-order chi connectivity index (χ1) is 21.4. The van der Waals surface area contributed by atoms with Crippen LogP contribution >= 0.6 is 0 Å². The first kappa shape index (κ1) is 31.7. The molecule has 0 atom stereocenters. The average Bonchev–Trinajstić information content (AvgIpc) is 3.20. The number of anilines is 1. The highest BCUT2D eigenvalue weighted by Gasteiger charge is 2.22. The van der Waals surface area contributed by atoms with Crippen LogP contribution in [0.15, 0.2) is 88.1 Å². The number of carbonyl (C=O) groups is 2. The second-order valence-corrected chi connectivity index (χ2v) is 10.0. The average molecular weight is 607 g/mol. The SMILES string of the molecule is CC(=O)O.Cc1cccc(Oc2nc3c(C)cccn3c(=O)c2/C=C(\C#N)C(=O)Nc2c(C)n(C)n(-c3ccccc3)c2=O)c1. The molecule has 12 heteroatoms. The van der Waals surface area contributed by atoms with Crippen LogP contribution in [0, 0.1) is 32.1 Å². The van der Waals surface area contributed by atoms with Crippen LogP contribution in [0.25, 0.3) is 17.4 Å². The first-order valence-corrected chi connectivity index (χ1v) is 13.7. The molecule has 0 spiro atoms. The highest BCUT2D eigenvalue weighted by molar-refractivity contribution is 6.10. The predicted molar refractivity (Wildman–Crippen MR) is 169 cm³/mol. The molecule has 0 unspecified atom stereocenters. The van der Waals surface area contributed by atoms with E-state index in [0.717, 1.165) is 24.1 Å². The maximum Gasteiger partial charge on any atom is 0.300 e. The lowest BCUT2D eigenvalue weighted by Crippen LogP contribution is -2.24. The summed E-state index contributed by atoms with van der Waals surface area (Å²) in [7, 11) is 1.69. The number of carboxylic acid groups (broad SMARTS) is 1. The van der Waals surface area contributed by atoms with Crippen molar-refractivity contribution in [2.75, 3.05) is 5.32 Å². The number of pyridine rings is 1. The number of amides is 1. The molecule has 5 rings (SSSR count). The van der Waals surface area contributed by atoms with Gasteiger partial charge in [0.15, 0.2) is 0 Å². The summed E-state index contributed by atoms with van der Waals surface area (Å²) < 4.78 is 10.4. The zero-order chi connectivity index (χ0) is 32.8. The van der Waals surface area contributed by atoms with Gasteiger partial charge in [0.25, 0.3) is 23.0 Å². The van der Waals surface area contributed by atoms with E-state index in [4.69, 9.17) is 14.6 Å². The number of carboxylic acids is 1. The van der Waals surface area contributed by atoms with E-state index in [2.05, 4.69) is 10.3 Å². The summed E-state index contributed by atoms with van der Waals surface area (Å²) in [4.78, 5) is 53.8. The lowest BCUT2D eigenvalue weighted by molar-refractivity contribution is -0.134. The minimum Gasteiger partial charge on any atom is -0.481 e. The van der Waals surface area contributed by atoms with E-state index in [1.54, 1.807) is 73.4 Å². The number of fused-ring (bicyclic) bond motifs is 1. The van der Waals surface area contributed by atoms with E-state index < -0.39 is 28.6 Å². The van der Waals surface area contributed by atoms with Gasteiger partial charge >= 0.3 is 0 Å². The molecule has 5 aromatic rings. The van der Waals surface area contributed by atoms with Crippen LogP contribution in [0.4, 0.5) is 5.69 Å². The predicted octanol–water partition coefficient (Wildman–Crippen LogP) is 4.54. The summed E-state index contributed by atoms with van der Waals surface area (Å²) in [6.07, 6.45) is 2.69. The van der Waals surface area contributed by atoms with Crippen molar-refractivity contribution in [1.29, 1.82) is 5.26 Å². The Morgan fingerprint density at radius 2 is 1.69 bits per heavy atom. The molecule has 0 fully saturated rings. The van der Waals surface area contributed by atoms with Gasteiger partial charge in [0.1, 0.15) is 34.3 Å². The molecule has 2 N–H and O–H groups in total. The van der Waals surface area contributed by atoms with Crippen molar-refractivity contribution in [3.05, 3.63) is 122 Å². The zero-order valence-corrected chi connectivity index (χ0v) is 25.2. The number of aromatic nitrogens is 4. The minimum atomic E-state index is -0.853. The van der Waals surface area contributed by atoms with Gasteiger partial charge in [0.2, 0.25) is 5.88 Å². The molecule has 45 heavy (non-hydrogen) atoms. The van der Waals surface area contributed by atoms with Crippen molar-refractivity contribution in [3.8, 4) is 23.4 Å². The summed E-state index contributed by atoms with van der Waals surface area (Å²) in [6, 6.07) is 21.5. The van der Waals surface area contributed by atoms with Crippen molar-refractivity contribution >= 4 is 29.3 Å². The van der Waals surface area contributed by atoms with E-state index >= 15 is 0 Å². The van der Waals surface area contributed by atoms with Crippen molar-refractivity contribution in [2.24, 2.45) is 7.05 Å². The van der Waals surface area contributed by atoms with Gasteiger partial charge in [-0.3, -0.25) is 28.3 Å². The number of benzene rings is 2. The number of para-hydroxylation sites is 1. The van der Waals surface area contributed by atoms with Crippen LogP contribution in [-0.2, 0) is 16.6 Å². The number of aryl methyl sites for hydroxylation is 2. The van der Waals surface area contributed by atoms with Gasteiger partial charge in [-0.05, 0) is 68.3 Å². The highest BCUT2D eigenvalue weighted by Crippen LogP contribution is 2.26. The molecule has 1 amide bonds. The van der Waals surface area contributed by atoms with Gasteiger partial charge in [-0.25, -0.2) is 4.68 Å². The Balaban J connectivity index is 0.00000109. The van der Waals surface area contributed by atoms with Crippen LogP contribution in [0.3, 0.4) is 0 Å². The maximum atomic E-state index is 13.6. The number of nitrogens with one attached hydrogen (secondary N) is 1.